The number of carbonyl (C=O) groups is 2. The molecule has 5 heteroatoms. The smallest absolute Gasteiger partial charge is 0.220 e. The number of ketones is 1. The van der Waals surface area contributed by atoms with Crippen molar-refractivity contribution in [3.8, 4) is 5.75 Å². The van der Waals surface area contributed by atoms with E-state index in [0.29, 0.717) is 42.4 Å². The van der Waals surface area contributed by atoms with Crippen molar-refractivity contribution in [1.82, 2.24) is 10.3 Å². The van der Waals surface area contributed by atoms with Crippen LogP contribution in [0.15, 0.2) is 42.7 Å². The number of ether oxygens (including phenoxy) is 1. The zero-order valence-electron chi connectivity index (χ0n) is 21.8. The highest BCUT2D eigenvalue weighted by Crippen LogP contribution is 2.62. The Morgan fingerprint density at radius 2 is 2.08 bits per heavy atom. The minimum absolute atomic E-state index is 0.107. The molecule has 2 saturated carbocycles. The Bertz CT molecular complexity index is 1080. The van der Waals surface area contributed by atoms with E-state index in [-0.39, 0.29) is 11.3 Å². The van der Waals surface area contributed by atoms with Gasteiger partial charge in [-0.25, -0.2) is 0 Å². The van der Waals surface area contributed by atoms with Crippen LogP contribution in [-0.2, 0) is 22.6 Å². The number of hydrogen-bond donors (Lipinski definition) is 1. The van der Waals surface area contributed by atoms with Crippen molar-refractivity contribution in [2.45, 2.75) is 83.6 Å². The first kappa shape index (κ1) is 25.0. The number of nitrogens with one attached hydrogen (secondary N) is 1. The van der Waals surface area contributed by atoms with Crippen LogP contribution in [0.5, 0.6) is 5.75 Å². The number of pyridine rings is 1. The third-order valence-corrected chi connectivity index (χ3v) is 9.47. The molecule has 192 valence electrons. The predicted octanol–water partition coefficient (Wildman–Crippen LogP) is 6.01. The minimum Gasteiger partial charge on any atom is -0.497 e. The fraction of sp³-hybridized carbons (Fsp3) is 0.581. The van der Waals surface area contributed by atoms with Crippen LogP contribution >= 0.6 is 0 Å². The number of rotatable bonds is 9. The molecule has 1 aromatic carbocycles. The van der Waals surface area contributed by atoms with Crippen LogP contribution in [0.1, 0.15) is 87.3 Å². The number of benzene rings is 1. The molecular weight excluding hydrogens is 448 g/mol. The number of unbranched alkanes of at least 4 members (excludes halogenated alkanes) is 2. The topological polar surface area (TPSA) is 68.3 Å². The Morgan fingerprint density at radius 3 is 2.89 bits per heavy atom. The summed E-state index contributed by atoms with van der Waals surface area (Å²) < 4.78 is 5.47. The molecule has 0 bridgehead atoms. The number of aromatic nitrogens is 1. The molecule has 0 saturated heterocycles. The lowest BCUT2D eigenvalue weighted by molar-refractivity contribution is -0.129. The molecule has 2 fully saturated rings. The molecule has 5 nitrogen and oxygen atoms in total. The number of hydrogen-bond acceptors (Lipinski definition) is 4. The average Bonchev–Trinajstić information content (AvgIpc) is 3.16. The second kappa shape index (κ2) is 10.7. The summed E-state index contributed by atoms with van der Waals surface area (Å²) in [4.78, 5) is 29.5. The maximum atomic E-state index is 13.2. The molecule has 1 aromatic heterocycles. The second-order valence-electron chi connectivity index (χ2n) is 11.5. The van der Waals surface area contributed by atoms with Gasteiger partial charge in [-0.15, -0.1) is 0 Å². The summed E-state index contributed by atoms with van der Waals surface area (Å²) in [5.74, 6) is 3.75. The first-order valence-electron chi connectivity index (χ1n) is 13.9. The van der Waals surface area contributed by atoms with E-state index in [1.165, 1.54) is 17.5 Å². The quantitative estimate of drug-likeness (QED) is 0.439. The lowest BCUT2D eigenvalue weighted by Crippen LogP contribution is -2.44. The second-order valence-corrected chi connectivity index (χ2v) is 11.5. The van der Waals surface area contributed by atoms with Gasteiger partial charge in [0.2, 0.25) is 5.91 Å². The van der Waals surface area contributed by atoms with E-state index in [2.05, 4.69) is 35.4 Å². The van der Waals surface area contributed by atoms with E-state index < -0.39 is 0 Å². The van der Waals surface area contributed by atoms with Crippen molar-refractivity contribution in [1.29, 1.82) is 0 Å². The lowest BCUT2D eigenvalue weighted by Gasteiger charge is -2.50. The van der Waals surface area contributed by atoms with E-state index in [1.54, 1.807) is 19.5 Å². The summed E-state index contributed by atoms with van der Waals surface area (Å²) in [7, 11) is 1.74. The average molecular weight is 489 g/mol. The van der Waals surface area contributed by atoms with E-state index in [4.69, 9.17) is 4.74 Å². The molecule has 3 aliphatic rings. The van der Waals surface area contributed by atoms with Crippen molar-refractivity contribution in [3.63, 3.8) is 0 Å². The highest BCUT2D eigenvalue weighted by molar-refractivity contribution is 5.87. The molecule has 1 N–H and O–H groups in total. The summed E-state index contributed by atoms with van der Waals surface area (Å²) in [5.41, 5.74) is 3.84. The predicted molar refractivity (Wildman–Crippen MR) is 141 cm³/mol. The maximum Gasteiger partial charge on any atom is 0.220 e. The van der Waals surface area contributed by atoms with Crippen molar-refractivity contribution in [3.05, 3.63) is 59.4 Å². The molecule has 0 unspecified atom stereocenters. The maximum absolute atomic E-state index is 13.2. The lowest BCUT2D eigenvalue weighted by atomic mass is 9.54. The molecule has 3 aliphatic carbocycles. The zero-order valence-corrected chi connectivity index (χ0v) is 21.8. The van der Waals surface area contributed by atoms with Gasteiger partial charge < -0.3 is 10.1 Å². The molecule has 5 atom stereocenters. The molecule has 1 amide bonds. The van der Waals surface area contributed by atoms with Gasteiger partial charge in [0, 0.05) is 37.2 Å². The Kier molecular flexibility index (Phi) is 7.45. The molecule has 1 heterocycles. The van der Waals surface area contributed by atoms with E-state index in [0.717, 1.165) is 62.7 Å². The number of carbonyl (C=O) groups excluding carboxylic acids is 2. The first-order chi connectivity index (χ1) is 17.5. The summed E-state index contributed by atoms with van der Waals surface area (Å²) in [6, 6.07) is 10.5. The Labute approximate surface area is 215 Å². The van der Waals surface area contributed by atoms with Crippen molar-refractivity contribution >= 4 is 11.7 Å². The van der Waals surface area contributed by atoms with Gasteiger partial charge in [-0.1, -0.05) is 31.9 Å². The third kappa shape index (κ3) is 4.94. The number of fused-ring (bicyclic) bond motifs is 5. The minimum atomic E-state index is -0.137. The Morgan fingerprint density at radius 1 is 1.19 bits per heavy atom. The normalized spacial score (nSPS) is 28.7. The summed E-state index contributed by atoms with van der Waals surface area (Å²) in [6.07, 6.45) is 13.4. The highest BCUT2D eigenvalue weighted by Gasteiger charge is 2.58. The van der Waals surface area contributed by atoms with E-state index >= 15 is 0 Å². The molecule has 0 radical (unpaired) electrons. The van der Waals surface area contributed by atoms with Crippen LogP contribution in [0.3, 0.4) is 0 Å². The highest BCUT2D eigenvalue weighted by atomic mass is 16.5. The number of Topliss-reactive ketones (excluding diaryl/α,β-unsaturated/α-hetero) is 1. The van der Waals surface area contributed by atoms with E-state index in [9.17, 15) is 9.59 Å². The molecule has 2 aromatic rings. The summed E-state index contributed by atoms with van der Waals surface area (Å²) in [6.45, 7) is 2.81. The van der Waals surface area contributed by atoms with Crippen LogP contribution < -0.4 is 10.1 Å². The molecule has 0 aliphatic heterocycles. The van der Waals surface area contributed by atoms with Gasteiger partial charge in [0.05, 0.1) is 7.11 Å². The van der Waals surface area contributed by atoms with Gasteiger partial charge in [-0.3, -0.25) is 14.6 Å². The fourth-order valence-electron chi connectivity index (χ4n) is 7.67. The SMILES string of the molecule is COc1ccc2c(c1)CC[C@H]1[C@@H]3[C@H](CCCCCC(=O)NCc4cccnc4)CC(=O)[C@@]3(C)CC[C@H]21. The molecule has 36 heavy (non-hydrogen) atoms. The van der Waals surface area contributed by atoms with Crippen LogP contribution in [0.25, 0.3) is 0 Å². The van der Waals surface area contributed by atoms with Gasteiger partial charge in [0.1, 0.15) is 11.5 Å². The van der Waals surface area contributed by atoms with Gasteiger partial charge in [-0.05, 0) is 97.1 Å². The molecule has 5 rings (SSSR count). The van der Waals surface area contributed by atoms with Crippen LogP contribution in [0.4, 0.5) is 0 Å². The number of methoxy groups -OCH3 is 1. The van der Waals surface area contributed by atoms with Crippen molar-refractivity contribution in [2.24, 2.45) is 23.2 Å². The Balaban J connectivity index is 1.14. The van der Waals surface area contributed by atoms with Crippen molar-refractivity contribution in [2.75, 3.05) is 7.11 Å². The third-order valence-electron chi connectivity index (χ3n) is 9.47. The summed E-state index contributed by atoms with van der Waals surface area (Å²) in [5, 5.41) is 2.99. The monoisotopic (exact) mass is 488 g/mol. The van der Waals surface area contributed by atoms with Gasteiger partial charge in [0.25, 0.3) is 0 Å². The largest absolute Gasteiger partial charge is 0.497 e. The zero-order chi connectivity index (χ0) is 25.1. The van der Waals surface area contributed by atoms with Crippen LogP contribution in [-0.4, -0.2) is 23.8 Å². The van der Waals surface area contributed by atoms with Gasteiger partial charge in [0.15, 0.2) is 0 Å². The molecular formula is C31H40N2O3. The van der Waals surface area contributed by atoms with Crippen LogP contribution in [0.2, 0.25) is 0 Å². The van der Waals surface area contributed by atoms with Gasteiger partial charge >= 0.3 is 0 Å². The first-order valence-corrected chi connectivity index (χ1v) is 13.9. The number of aryl methyl sites for hydroxylation is 1. The standard InChI is InChI=1S/C31H40N2O3/c1-31-15-14-26-25-13-11-24(36-2)17-22(25)10-12-27(26)30(31)23(18-28(31)34)8-4-3-5-9-29(35)33-20-21-7-6-16-32-19-21/h6-7,11,13,16-17,19,23,26-27,30H,3-5,8-10,12,14-15,18,20H2,1-2H3,(H,33,35)/t23-,26-,27-,30+,31-/m1/s1. The number of amides is 1. The van der Waals surface area contributed by atoms with Gasteiger partial charge in [-0.2, -0.15) is 0 Å². The number of nitrogens with zero attached hydrogens (tertiary/aromatic N) is 1. The van der Waals surface area contributed by atoms with Crippen molar-refractivity contribution < 1.29 is 14.3 Å². The summed E-state index contributed by atoms with van der Waals surface area (Å²) >= 11 is 0. The molecule has 0 spiro atoms. The fourth-order valence-corrected chi connectivity index (χ4v) is 7.67. The Hall–Kier alpha value is -2.69. The van der Waals surface area contributed by atoms with E-state index in [1.807, 2.05) is 12.1 Å². The van der Waals surface area contributed by atoms with Crippen LogP contribution in [0, 0.1) is 23.2 Å².